The summed E-state index contributed by atoms with van der Waals surface area (Å²) in [4.78, 5) is 37.4. The fourth-order valence-electron chi connectivity index (χ4n) is 3.75. The van der Waals surface area contributed by atoms with Gasteiger partial charge in [0.05, 0.1) is 17.9 Å². The van der Waals surface area contributed by atoms with E-state index in [1.54, 1.807) is 37.4 Å². The van der Waals surface area contributed by atoms with Gasteiger partial charge in [-0.2, -0.15) is 0 Å². The number of ether oxygens (including phenoxy) is 1. The highest BCUT2D eigenvalue weighted by atomic mass is 35.5. The molecule has 2 N–H and O–H groups in total. The minimum absolute atomic E-state index is 0.234. The van der Waals surface area contributed by atoms with E-state index in [4.69, 9.17) is 16.3 Å². The van der Waals surface area contributed by atoms with Crippen LogP contribution in [0.1, 0.15) is 49.9 Å². The second-order valence-corrected chi connectivity index (χ2v) is 8.90. The second kappa shape index (κ2) is 9.62. The molecule has 2 aromatic rings. The zero-order valence-electron chi connectivity index (χ0n) is 16.8. The van der Waals surface area contributed by atoms with Gasteiger partial charge in [-0.15, -0.1) is 11.3 Å². The summed E-state index contributed by atoms with van der Waals surface area (Å²) in [5, 5.41) is 14.9. The number of esters is 1. The molecule has 0 unspecified atom stereocenters. The summed E-state index contributed by atoms with van der Waals surface area (Å²) in [6.07, 6.45) is 2.25. The van der Waals surface area contributed by atoms with Crippen LogP contribution in [0, 0.1) is 11.8 Å². The number of halogens is 1. The molecule has 6 nitrogen and oxygen atoms in total. The first-order valence-electron chi connectivity index (χ1n) is 9.90. The third-order valence-corrected chi connectivity index (χ3v) is 6.38. The highest BCUT2D eigenvalue weighted by Crippen LogP contribution is 2.40. The Morgan fingerprint density at radius 3 is 2.43 bits per heavy atom. The maximum absolute atomic E-state index is 12.9. The van der Waals surface area contributed by atoms with Crippen LogP contribution in [0.25, 0.3) is 11.1 Å². The number of carboxylic acid groups (broad SMARTS) is 1. The number of carbonyl (C=O) groups is 3. The van der Waals surface area contributed by atoms with Gasteiger partial charge in [0.2, 0.25) is 5.91 Å². The predicted molar refractivity (Wildman–Crippen MR) is 117 cm³/mol. The summed E-state index contributed by atoms with van der Waals surface area (Å²) in [5.74, 6) is -3.25. The molecule has 1 amide bonds. The summed E-state index contributed by atoms with van der Waals surface area (Å²) in [6.45, 7) is 3.49. The van der Waals surface area contributed by atoms with Crippen molar-refractivity contribution in [2.75, 3.05) is 5.32 Å². The first-order valence-corrected chi connectivity index (χ1v) is 11.2. The lowest BCUT2D eigenvalue weighted by atomic mass is 9.79. The Morgan fingerprint density at radius 2 is 1.80 bits per heavy atom. The molecular weight excluding hydrogens is 426 g/mol. The van der Waals surface area contributed by atoms with Gasteiger partial charge in [-0.3, -0.25) is 9.59 Å². The van der Waals surface area contributed by atoms with Gasteiger partial charge in [-0.1, -0.05) is 42.6 Å². The number of rotatable bonds is 6. The maximum atomic E-state index is 12.9. The third-order valence-electron chi connectivity index (χ3n) is 5.16. The highest BCUT2D eigenvalue weighted by Gasteiger charge is 2.36. The van der Waals surface area contributed by atoms with Crippen LogP contribution in [0.4, 0.5) is 5.00 Å². The van der Waals surface area contributed by atoms with Crippen molar-refractivity contribution in [3.05, 3.63) is 40.2 Å². The molecule has 1 aliphatic carbocycles. The number of thiophene rings is 1. The molecule has 160 valence electrons. The lowest BCUT2D eigenvalue weighted by Crippen LogP contribution is -2.36. The molecule has 1 fully saturated rings. The monoisotopic (exact) mass is 449 g/mol. The van der Waals surface area contributed by atoms with Crippen molar-refractivity contribution >= 4 is 45.8 Å². The van der Waals surface area contributed by atoms with E-state index in [9.17, 15) is 19.5 Å². The fourth-order valence-corrected chi connectivity index (χ4v) is 4.94. The van der Waals surface area contributed by atoms with Gasteiger partial charge in [-0.05, 0) is 32.8 Å². The van der Waals surface area contributed by atoms with Crippen molar-refractivity contribution in [1.29, 1.82) is 0 Å². The highest BCUT2D eigenvalue weighted by molar-refractivity contribution is 7.15. The van der Waals surface area contributed by atoms with Crippen molar-refractivity contribution in [3.63, 3.8) is 0 Å². The maximum Gasteiger partial charge on any atom is 0.342 e. The van der Waals surface area contributed by atoms with Crippen LogP contribution in [-0.4, -0.2) is 29.1 Å². The average Bonchev–Trinajstić information content (AvgIpc) is 3.11. The molecule has 1 aromatic carbocycles. The van der Waals surface area contributed by atoms with E-state index in [0.717, 1.165) is 12.8 Å². The second-order valence-electron chi connectivity index (χ2n) is 7.61. The molecule has 0 bridgehead atoms. The Hall–Kier alpha value is -2.38. The molecule has 1 saturated carbocycles. The van der Waals surface area contributed by atoms with Crippen molar-refractivity contribution in [2.24, 2.45) is 11.8 Å². The Kier molecular flexibility index (Phi) is 7.15. The normalized spacial score (nSPS) is 18.8. The number of anilines is 1. The van der Waals surface area contributed by atoms with Crippen LogP contribution >= 0.6 is 22.9 Å². The SMILES string of the molecule is CC(C)OC(=O)c1c(-c2ccccc2Cl)csc1NC(=O)[C@H]1CCCC[C@H]1C(=O)O. The van der Waals surface area contributed by atoms with Gasteiger partial charge in [0, 0.05) is 21.5 Å². The van der Waals surface area contributed by atoms with Crippen molar-refractivity contribution < 1.29 is 24.2 Å². The zero-order valence-corrected chi connectivity index (χ0v) is 18.4. The Bertz CT molecular complexity index is 955. The third kappa shape index (κ3) is 4.84. The van der Waals surface area contributed by atoms with Gasteiger partial charge >= 0.3 is 11.9 Å². The molecule has 0 saturated heterocycles. The molecule has 0 spiro atoms. The number of benzene rings is 1. The number of nitrogens with one attached hydrogen (secondary N) is 1. The van der Waals surface area contributed by atoms with Crippen LogP contribution < -0.4 is 5.32 Å². The van der Waals surface area contributed by atoms with Gasteiger partial charge in [0.1, 0.15) is 10.6 Å². The summed E-state index contributed by atoms with van der Waals surface area (Å²) in [7, 11) is 0. The van der Waals surface area contributed by atoms with E-state index in [1.807, 2.05) is 6.07 Å². The Balaban J connectivity index is 1.96. The van der Waals surface area contributed by atoms with Crippen molar-refractivity contribution in [1.82, 2.24) is 0 Å². The number of carbonyl (C=O) groups excluding carboxylic acids is 2. The molecule has 1 aromatic heterocycles. The summed E-state index contributed by atoms with van der Waals surface area (Å²) < 4.78 is 5.40. The van der Waals surface area contributed by atoms with Crippen LogP contribution in [0.2, 0.25) is 5.02 Å². The fraction of sp³-hybridized carbons (Fsp3) is 0.409. The summed E-state index contributed by atoms with van der Waals surface area (Å²) in [6, 6.07) is 7.13. The molecular formula is C22H24ClNO5S. The van der Waals surface area contributed by atoms with Gasteiger partial charge in [-0.25, -0.2) is 4.79 Å². The lowest BCUT2D eigenvalue weighted by Gasteiger charge is -2.27. The molecule has 1 aliphatic rings. The molecule has 30 heavy (non-hydrogen) atoms. The number of hydrogen-bond acceptors (Lipinski definition) is 5. The number of carboxylic acids is 1. The Labute approximate surface area is 184 Å². The van der Waals surface area contributed by atoms with Crippen LogP contribution in [0.3, 0.4) is 0 Å². The van der Waals surface area contributed by atoms with Crippen molar-refractivity contribution in [3.8, 4) is 11.1 Å². The number of hydrogen-bond donors (Lipinski definition) is 2. The largest absolute Gasteiger partial charge is 0.481 e. The number of aliphatic carboxylic acids is 1. The molecule has 2 atom stereocenters. The first kappa shape index (κ1) is 22.3. The van der Waals surface area contributed by atoms with E-state index < -0.39 is 23.8 Å². The van der Waals surface area contributed by atoms with Crippen LogP contribution in [0.5, 0.6) is 0 Å². The first-order chi connectivity index (χ1) is 14.3. The van der Waals surface area contributed by atoms with Crippen molar-refractivity contribution in [2.45, 2.75) is 45.6 Å². The summed E-state index contributed by atoms with van der Waals surface area (Å²) >= 11 is 7.53. The number of amides is 1. The minimum Gasteiger partial charge on any atom is -0.481 e. The minimum atomic E-state index is -0.961. The van der Waals surface area contributed by atoms with Gasteiger partial charge < -0.3 is 15.2 Å². The molecule has 0 aliphatic heterocycles. The molecule has 0 radical (unpaired) electrons. The van der Waals surface area contributed by atoms with Gasteiger partial charge in [0.15, 0.2) is 0 Å². The predicted octanol–water partition coefficient (Wildman–Crippen LogP) is 5.46. The zero-order chi connectivity index (χ0) is 21.8. The standard InChI is InChI=1S/C22H24ClNO5S/c1-12(2)29-22(28)18-16(13-7-5-6-10-17(13)23)11-30-20(18)24-19(25)14-8-3-4-9-15(14)21(26)27/h5-7,10-12,14-15H,3-4,8-9H2,1-2H3,(H,24,25)(H,26,27)/t14-,15+/m0/s1. The van der Waals surface area contributed by atoms with E-state index in [2.05, 4.69) is 5.32 Å². The van der Waals surface area contributed by atoms with Crippen LogP contribution in [0.15, 0.2) is 29.6 Å². The van der Waals surface area contributed by atoms with Gasteiger partial charge in [0.25, 0.3) is 0 Å². The Morgan fingerprint density at radius 1 is 1.13 bits per heavy atom. The molecule has 8 heteroatoms. The summed E-state index contributed by atoms with van der Waals surface area (Å²) in [5.41, 5.74) is 1.47. The molecule has 1 heterocycles. The van der Waals surface area contributed by atoms with E-state index >= 15 is 0 Å². The quantitative estimate of drug-likeness (QED) is 0.571. The lowest BCUT2D eigenvalue weighted by molar-refractivity contribution is -0.147. The smallest absolute Gasteiger partial charge is 0.342 e. The van der Waals surface area contributed by atoms with E-state index in [0.29, 0.717) is 34.0 Å². The average molecular weight is 450 g/mol. The topological polar surface area (TPSA) is 92.7 Å². The molecule has 3 rings (SSSR count). The van der Waals surface area contributed by atoms with Crippen LogP contribution in [-0.2, 0) is 14.3 Å². The van der Waals surface area contributed by atoms with E-state index in [1.165, 1.54) is 11.3 Å². The van der Waals surface area contributed by atoms with E-state index in [-0.39, 0.29) is 17.6 Å².